The molecule has 0 aromatic carbocycles. The Kier molecular flexibility index (Phi) is 10.8. The van der Waals surface area contributed by atoms with E-state index in [9.17, 15) is 23.3 Å². The number of amides is 1. The fraction of sp³-hybridized carbons (Fsp3) is 0.688. The van der Waals surface area contributed by atoms with Gasteiger partial charge in [0.15, 0.2) is 0 Å². The molecular weight excluding hydrogens is 488 g/mol. The summed E-state index contributed by atoms with van der Waals surface area (Å²) in [5.74, 6) is 0.160. The Morgan fingerprint density at radius 2 is 2.23 bits per heavy atom. The molecule has 176 valence electrons. The van der Waals surface area contributed by atoms with Gasteiger partial charge < -0.3 is 14.9 Å². The molecular formula is C16H26N4O7S4. The third kappa shape index (κ3) is 7.76. The summed E-state index contributed by atoms with van der Waals surface area (Å²) in [5, 5.41) is 12.5. The quantitative estimate of drug-likeness (QED) is 0.162. The molecule has 1 aromatic heterocycles. The first-order chi connectivity index (χ1) is 14.8. The standard InChI is InChI=1S/C16H26N4O7S4/c1-3-17-13-10-19(5-4-6-26-2)31(24,25)16-12(13)9-15(29-16)30-18-14(21)11-28-8-7-27-20(22)23/h9,13,17H,3-8,10-11H2,1-2H3,(H,18,21). The smallest absolute Gasteiger partial charge is 0.294 e. The Labute approximate surface area is 193 Å². The third-order valence-electron chi connectivity index (χ3n) is 4.17. The molecule has 2 rings (SSSR count). The first-order valence-corrected chi connectivity index (χ1v) is 13.7. The van der Waals surface area contributed by atoms with Crippen molar-refractivity contribution in [1.82, 2.24) is 14.3 Å². The third-order valence-corrected chi connectivity index (χ3v) is 9.58. The fourth-order valence-electron chi connectivity index (χ4n) is 2.87. The van der Waals surface area contributed by atoms with E-state index in [1.807, 2.05) is 6.92 Å². The number of methoxy groups -OCH3 is 1. The number of hydrogen-bond donors (Lipinski definition) is 2. The Morgan fingerprint density at radius 1 is 1.45 bits per heavy atom. The maximum atomic E-state index is 13.1. The van der Waals surface area contributed by atoms with Gasteiger partial charge in [0, 0.05) is 44.2 Å². The normalized spacial score (nSPS) is 17.8. The lowest BCUT2D eigenvalue weighted by molar-refractivity contribution is -0.756. The Morgan fingerprint density at radius 3 is 2.90 bits per heavy atom. The highest BCUT2D eigenvalue weighted by Crippen LogP contribution is 2.41. The number of nitrogens with zero attached hydrogens (tertiary/aromatic N) is 2. The minimum Gasteiger partial charge on any atom is -0.385 e. The summed E-state index contributed by atoms with van der Waals surface area (Å²) in [6.45, 7) is 3.80. The molecule has 0 saturated carbocycles. The SMILES string of the molecule is CCNC1CN(CCCOC)S(=O)(=O)c2sc(SNC(=O)CSCCO[N+](=O)[O-])cc21. The van der Waals surface area contributed by atoms with Gasteiger partial charge in [-0.15, -0.1) is 33.2 Å². The predicted octanol–water partition coefficient (Wildman–Crippen LogP) is 1.50. The number of nitrogens with one attached hydrogen (secondary N) is 2. The second kappa shape index (κ2) is 12.8. The van der Waals surface area contributed by atoms with Gasteiger partial charge in [-0.2, -0.15) is 4.31 Å². The highest BCUT2D eigenvalue weighted by Gasteiger charge is 2.38. The van der Waals surface area contributed by atoms with E-state index >= 15 is 0 Å². The number of likely N-dealkylation sites (N-methyl/N-ethyl adjacent to an activating group) is 1. The van der Waals surface area contributed by atoms with E-state index in [2.05, 4.69) is 14.9 Å². The minimum absolute atomic E-state index is 0.0830. The number of fused-ring (bicyclic) bond motifs is 1. The molecule has 0 spiro atoms. The summed E-state index contributed by atoms with van der Waals surface area (Å²) in [5.41, 5.74) is 0.720. The molecule has 1 atom stereocenters. The highest BCUT2D eigenvalue weighted by atomic mass is 32.3. The number of carbonyl (C=O) groups is 1. The summed E-state index contributed by atoms with van der Waals surface area (Å²) in [4.78, 5) is 26.2. The summed E-state index contributed by atoms with van der Waals surface area (Å²) in [7, 11) is -2.02. The molecule has 2 heterocycles. The van der Waals surface area contributed by atoms with E-state index in [1.165, 1.54) is 16.1 Å². The lowest BCUT2D eigenvalue weighted by atomic mass is 10.1. The van der Waals surface area contributed by atoms with E-state index in [1.54, 1.807) is 13.2 Å². The molecule has 0 saturated heterocycles. The van der Waals surface area contributed by atoms with Crippen molar-refractivity contribution in [3.8, 4) is 0 Å². The van der Waals surface area contributed by atoms with Crippen molar-refractivity contribution >= 4 is 51.0 Å². The summed E-state index contributed by atoms with van der Waals surface area (Å²) >= 11 is 3.42. The van der Waals surface area contributed by atoms with Crippen LogP contribution in [0.5, 0.6) is 0 Å². The van der Waals surface area contributed by atoms with E-state index in [4.69, 9.17) is 4.74 Å². The van der Waals surface area contributed by atoms with Gasteiger partial charge in [0.25, 0.3) is 15.1 Å². The lowest BCUT2D eigenvalue weighted by Crippen LogP contribution is -2.43. The molecule has 1 aliphatic rings. The van der Waals surface area contributed by atoms with Crippen molar-refractivity contribution in [2.75, 3.05) is 51.5 Å². The van der Waals surface area contributed by atoms with E-state index < -0.39 is 15.1 Å². The number of thiophene rings is 1. The van der Waals surface area contributed by atoms with Gasteiger partial charge in [0.1, 0.15) is 10.8 Å². The Bertz CT molecular complexity index is 849. The van der Waals surface area contributed by atoms with Crippen molar-refractivity contribution in [2.24, 2.45) is 0 Å². The van der Waals surface area contributed by atoms with Gasteiger partial charge in [-0.25, -0.2) is 8.42 Å². The molecule has 2 N–H and O–H groups in total. The Balaban J connectivity index is 1.98. The van der Waals surface area contributed by atoms with Crippen LogP contribution in [0.15, 0.2) is 14.5 Å². The number of sulfonamides is 1. The number of ether oxygens (including phenoxy) is 1. The molecule has 31 heavy (non-hydrogen) atoms. The Hall–Kier alpha value is -1.10. The van der Waals surface area contributed by atoms with Crippen LogP contribution in [-0.2, 0) is 24.4 Å². The summed E-state index contributed by atoms with van der Waals surface area (Å²) in [6.07, 6.45) is 0.608. The molecule has 0 bridgehead atoms. The molecule has 0 aliphatic carbocycles. The van der Waals surface area contributed by atoms with Crippen LogP contribution in [0.1, 0.15) is 24.9 Å². The average Bonchev–Trinajstić information content (AvgIpc) is 3.15. The summed E-state index contributed by atoms with van der Waals surface area (Å²) in [6, 6.07) is 1.69. The number of carbonyl (C=O) groups excluding carboxylic acids is 1. The number of hydrogen-bond acceptors (Lipinski definition) is 11. The van der Waals surface area contributed by atoms with Crippen molar-refractivity contribution < 1.29 is 27.9 Å². The molecule has 15 heteroatoms. The topological polar surface area (TPSA) is 140 Å². The largest absolute Gasteiger partial charge is 0.385 e. The van der Waals surface area contributed by atoms with Crippen LogP contribution < -0.4 is 10.0 Å². The van der Waals surface area contributed by atoms with Crippen LogP contribution in [0.2, 0.25) is 0 Å². The molecule has 0 fully saturated rings. The monoisotopic (exact) mass is 514 g/mol. The van der Waals surface area contributed by atoms with E-state index in [-0.39, 0.29) is 24.3 Å². The maximum Gasteiger partial charge on any atom is 0.294 e. The van der Waals surface area contributed by atoms with Gasteiger partial charge in [0.05, 0.1) is 9.96 Å². The number of rotatable bonds is 14. The van der Waals surface area contributed by atoms with Gasteiger partial charge in [-0.3, -0.25) is 9.52 Å². The molecule has 1 amide bonds. The molecule has 11 nitrogen and oxygen atoms in total. The van der Waals surface area contributed by atoms with E-state index in [0.717, 1.165) is 28.8 Å². The van der Waals surface area contributed by atoms with Crippen LogP contribution in [0.3, 0.4) is 0 Å². The van der Waals surface area contributed by atoms with Crippen LogP contribution >= 0.6 is 35.0 Å². The van der Waals surface area contributed by atoms with Crippen molar-refractivity contribution in [2.45, 2.75) is 27.8 Å². The van der Waals surface area contributed by atoms with Crippen molar-refractivity contribution in [3.05, 3.63) is 21.7 Å². The molecule has 1 aliphatic heterocycles. The van der Waals surface area contributed by atoms with Gasteiger partial charge >= 0.3 is 0 Å². The van der Waals surface area contributed by atoms with Crippen LogP contribution in [-0.4, -0.2) is 75.2 Å². The van der Waals surface area contributed by atoms with E-state index in [0.29, 0.717) is 46.8 Å². The first-order valence-electron chi connectivity index (χ1n) is 9.46. The molecule has 1 aromatic rings. The lowest BCUT2D eigenvalue weighted by Gasteiger charge is -2.32. The van der Waals surface area contributed by atoms with Gasteiger partial charge in [-0.05, 0) is 31.0 Å². The molecule has 0 radical (unpaired) electrons. The predicted molar refractivity (Wildman–Crippen MR) is 120 cm³/mol. The first kappa shape index (κ1) is 26.2. The molecule has 1 unspecified atom stereocenters. The van der Waals surface area contributed by atoms with Crippen LogP contribution in [0.4, 0.5) is 0 Å². The van der Waals surface area contributed by atoms with Crippen molar-refractivity contribution in [3.63, 3.8) is 0 Å². The van der Waals surface area contributed by atoms with Gasteiger partial charge in [-0.1, -0.05) is 6.92 Å². The van der Waals surface area contributed by atoms with Crippen molar-refractivity contribution in [1.29, 1.82) is 0 Å². The highest BCUT2D eigenvalue weighted by molar-refractivity contribution is 8.01. The maximum absolute atomic E-state index is 13.1. The van der Waals surface area contributed by atoms with Gasteiger partial charge in [0.2, 0.25) is 5.91 Å². The zero-order chi connectivity index (χ0) is 22.9. The van der Waals surface area contributed by atoms with Crippen LogP contribution in [0, 0.1) is 10.1 Å². The van der Waals surface area contributed by atoms with Crippen LogP contribution in [0.25, 0.3) is 0 Å². The fourth-order valence-corrected chi connectivity index (χ4v) is 7.87. The zero-order valence-electron chi connectivity index (χ0n) is 17.2. The second-order valence-electron chi connectivity index (χ2n) is 6.36. The second-order valence-corrected chi connectivity index (χ2v) is 11.8. The number of thioether (sulfide) groups is 1. The summed E-state index contributed by atoms with van der Waals surface area (Å²) < 4.78 is 36.3. The zero-order valence-corrected chi connectivity index (χ0v) is 20.5. The average molecular weight is 515 g/mol. The minimum atomic E-state index is -3.60.